The minimum atomic E-state index is -3.49. The highest BCUT2D eigenvalue weighted by atomic mass is 32.2. The molecule has 21 heavy (non-hydrogen) atoms. The van der Waals surface area contributed by atoms with Crippen molar-refractivity contribution in [1.82, 2.24) is 4.31 Å². The maximum atomic E-state index is 12.7. The summed E-state index contributed by atoms with van der Waals surface area (Å²) in [5.74, 6) is 0.406. The summed E-state index contributed by atoms with van der Waals surface area (Å²) in [7, 11) is -3.49. The van der Waals surface area contributed by atoms with Gasteiger partial charge in [0, 0.05) is 24.6 Å². The van der Waals surface area contributed by atoms with Crippen LogP contribution in [0.3, 0.4) is 0 Å². The van der Waals surface area contributed by atoms with Crippen LogP contribution in [-0.2, 0) is 10.0 Å². The van der Waals surface area contributed by atoms with E-state index < -0.39 is 10.0 Å². The third-order valence-corrected chi connectivity index (χ3v) is 5.92. The van der Waals surface area contributed by atoms with Gasteiger partial charge < -0.3 is 0 Å². The van der Waals surface area contributed by atoms with Crippen LogP contribution in [0.25, 0.3) is 0 Å². The average molecular weight is 309 g/mol. The van der Waals surface area contributed by atoms with E-state index in [1.807, 2.05) is 13.8 Å². The van der Waals surface area contributed by atoms with Gasteiger partial charge >= 0.3 is 0 Å². The Morgan fingerprint density at radius 1 is 1.24 bits per heavy atom. The predicted octanol–water partition coefficient (Wildman–Crippen LogP) is 2.95. The molecule has 0 spiro atoms. The Hall–Kier alpha value is -1.20. The average Bonchev–Trinajstić information content (AvgIpc) is 2.47. The monoisotopic (exact) mass is 309 g/mol. The number of nitrogens with zero attached hydrogens (tertiary/aromatic N) is 1. The van der Waals surface area contributed by atoms with Crippen molar-refractivity contribution in [1.29, 1.82) is 0 Å². The van der Waals surface area contributed by atoms with Crippen LogP contribution in [-0.4, -0.2) is 31.6 Å². The molecule has 0 unspecified atom stereocenters. The quantitative estimate of drug-likeness (QED) is 0.804. The number of benzene rings is 1. The molecular formula is C16H23NO3S. The molecule has 116 valence electrons. The number of rotatable bonds is 4. The molecule has 0 aliphatic carbocycles. The molecule has 0 N–H and O–H groups in total. The molecule has 0 atom stereocenters. The van der Waals surface area contributed by atoms with E-state index in [2.05, 4.69) is 6.92 Å². The first-order valence-corrected chi connectivity index (χ1v) is 8.91. The molecule has 1 fully saturated rings. The fourth-order valence-electron chi connectivity index (χ4n) is 2.52. The van der Waals surface area contributed by atoms with E-state index in [-0.39, 0.29) is 16.6 Å². The van der Waals surface area contributed by atoms with Crippen LogP contribution in [0, 0.1) is 11.8 Å². The predicted molar refractivity (Wildman–Crippen MR) is 82.8 cm³/mol. The molecular weight excluding hydrogens is 286 g/mol. The molecule has 0 radical (unpaired) electrons. The smallest absolute Gasteiger partial charge is 0.243 e. The van der Waals surface area contributed by atoms with E-state index in [1.54, 1.807) is 18.2 Å². The zero-order chi connectivity index (χ0) is 15.6. The molecule has 2 rings (SSSR count). The fraction of sp³-hybridized carbons (Fsp3) is 0.562. The number of hydrogen-bond acceptors (Lipinski definition) is 3. The first-order valence-electron chi connectivity index (χ1n) is 7.47. The number of Topliss-reactive ketones (excluding diaryl/α,β-unsaturated/α-hetero) is 1. The normalized spacial score (nSPS) is 18.1. The number of carbonyl (C=O) groups excluding carboxylic acids is 1. The Kier molecular flexibility index (Phi) is 4.84. The first kappa shape index (κ1) is 16.2. The standard InChI is InChI=1S/C16H23NO3S/c1-12(2)16(18)14-5-4-6-15(11-14)21(19,20)17-9-7-13(3)8-10-17/h4-6,11-13H,7-10H2,1-3H3. The second kappa shape index (κ2) is 6.28. The van der Waals surface area contributed by atoms with Crippen LogP contribution in [0.2, 0.25) is 0 Å². The van der Waals surface area contributed by atoms with Gasteiger partial charge in [-0.2, -0.15) is 4.31 Å². The van der Waals surface area contributed by atoms with Crippen molar-refractivity contribution >= 4 is 15.8 Å². The highest BCUT2D eigenvalue weighted by Crippen LogP contribution is 2.24. The lowest BCUT2D eigenvalue weighted by molar-refractivity contribution is 0.0939. The summed E-state index contributed by atoms with van der Waals surface area (Å²) in [6, 6.07) is 6.41. The van der Waals surface area contributed by atoms with Gasteiger partial charge in [-0.1, -0.05) is 32.9 Å². The van der Waals surface area contributed by atoms with E-state index in [4.69, 9.17) is 0 Å². The zero-order valence-electron chi connectivity index (χ0n) is 12.9. The Morgan fingerprint density at radius 2 is 1.86 bits per heavy atom. The van der Waals surface area contributed by atoms with Crippen LogP contribution in [0.4, 0.5) is 0 Å². The lowest BCUT2D eigenvalue weighted by atomic mass is 10.0. The molecule has 1 aliphatic rings. The van der Waals surface area contributed by atoms with Gasteiger partial charge in [-0.15, -0.1) is 0 Å². The number of sulfonamides is 1. The summed E-state index contributed by atoms with van der Waals surface area (Å²) in [6.45, 7) is 6.90. The number of carbonyl (C=O) groups is 1. The van der Waals surface area contributed by atoms with Gasteiger partial charge in [-0.3, -0.25) is 4.79 Å². The maximum Gasteiger partial charge on any atom is 0.243 e. The Labute approximate surface area is 127 Å². The third kappa shape index (κ3) is 3.52. The van der Waals surface area contributed by atoms with Crippen LogP contribution >= 0.6 is 0 Å². The zero-order valence-corrected chi connectivity index (χ0v) is 13.7. The first-order chi connectivity index (χ1) is 9.82. The van der Waals surface area contributed by atoms with Crippen molar-refractivity contribution in [2.45, 2.75) is 38.5 Å². The molecule has 1 aromatic rings. The van der Waals surface area contributed by atoms with Gasteiger partial charge in [-0.25, -0.2) is 8.42 Å². The SMILES string of the molecule is CC1CCN(S(=O)(=O)c2cccc(C(=O)C(C)C)c2)CC1. The summed E-state index contributed by atoms with van der Waals surface area (Å²) < 4.78 is 26.8. The second-order valence-electron chi connectivity index (χ2n) is 6.13. The topological polar surface area (TPSA) is 54.5 Å². The van der Waals surface area contributed by atoms with Gasteiger partial charge in [0.25, 0.3) is 0 Å². The molecule has 0 amide bonds. The largest absolute Gasteiger partial charge is 0.294 e. The van der Waals surface area contributed by atoms with E-state index in [0.717, 1.165) is 12.8 Å². The summed E-state index contributed by atoms with van der Waals surface area (Å²) >= 11 is 0. The van der Waals surface area contributed by atoms with Gasteiger partial charge in [0.05, 0.1) is 4.90 Å². The fourth-order valence-corrected chi connectivity index (χ4v) is 4.03. The van der Waals surface area contributed by atoms with Gasteiger partial charge in [-0.05, 0) is 30.9 Å². The van der Waals surface area contributed by atoms with Crippen molar-refractivity contribution in [3.05, 3.63) is 29.8 Å². The second-order valence-corrected chi connectivity index (χ2v) is 8.07. The number of piperidine rings is 1. The molecule has 1 aromatic carbocycles. The molecule has 1 saturated heterocycles. The highest BCUT2D eigenvalue weighted by Gasteiger charge is 2.28. The molecule has 1 heterocycles. The van der Waals surface area contributed by atoms with E-state index >= 15 is 0 Å². The van der Waals surface area contributed by atoms with Crippen molar-refractivity contribution in [2.24, 2.45) is 11.8 Å². The van der Waals surface area contributed by atoms with Crippen molar-refractivity contribution in [3.63, 3.8) is 0 Å². The van der Waals surface area contributed by atoms with E-state index in [1.165, 1.54) is 10.4 Å². The molecule has 0 aromatic heterocycles. The molecule has 1 aliphatic heterocycles. The minimum Gasteiger partial charge on any atom is -0.294 e. The van der Waals surface area contributed by atoms with Crippen LogP contribution in [0.15, 0.2) is 29.2 Å². The summed E-state index contributed by atoms with van der Waals surface area (Å²) in [5.41, 5.74) is 0.469. The molecule has 4 nitrogen and oxygen atoms in total. The van der Waals surface area contributed by atoms with E-state index in [0.29, 0.717) is 24.6 Å². The minimum absolute atomic E-state index is 0.0284. The van der Waals surface area contributed by atoms with Gasteiger partial charge in [0.2, 0.25) is 10.0 Å². The maximum absolute atomic E-state index is 12.7. The Morgan fingerprint density at radius 3 is 2.43 bits per heavy atom. The number of ketones is 1. The highest BCUT2D eigenvalue weighted by molar-refractivity contribution is 7.89. The third-order valence-electron chi connectivity index (χ3n) is 4.02. The molecule has 5 heteroatoms. The van der Waals surface area contributed by atoms with Crippen LogP contribution in [0.1, 0.15) is 44.0 Å². The van der Waals surface area contributed by atoms with Crippen LogP contribution < -0.4 is 0 Å². The van der Waals surface area contributed by atoms with E-state index in [9.17, 15) is 13.2 Å². The lowest BCUT2D eigenvalue weighted by Gasteiger charge is -2.29. The molecule has 0 saturated carbocycles. The van der Waals surface area contributed by atoms with Crippen LogP contribution in [0.5, 0.6) is 0 Å². The summed E-state index contributed by atoms with van der Waals surface area (Å²) in [5, 5.41) is 0. The molecule has 0 bridgehead atoms. The number of hydrogen-bond donors (Lipinski definition) is 0. The Balaban J connectivity index is 2.28. The summed E-state index contributed by atoms with van der Waals surface area (Å²) in [4.78, 5) is 12.3. The Bertz CT molecular complexity index is 614. The van der Waals surface area contributed by atoms with Gasteiger partial charge in [0.15, 0.2) is 5.78 Å². The van der Waals surface area contributed by atoms with Crippen molar-refractivity contribution < 1.29 is 13.2 Å². The summed E-state index contributed by atoms with van der Waals surface area (Å²) in [6.07, 6.45) is 1.79. The van der Waals surface area contributed by atoms with Crippen molar-refractivity contribution in [2.75, 3.05) is 13.1 Å². The van der Waals surface area contributed by atoms with Crippen molar-refractivity contribution in [3.8, 4) is 0 Å². The lowest BCUT2D eigenvalue weighted by Crippen LogP contribution is -2.37. The van der Waals surface area contributed by atoms with Gasteiger partial charge in [0.1, 0.15) is 0 Å².